The second-order valence-electron chi connectivity index (χ2n) is 4.36. The Morgan fingerprint density at radius 2 is 2.29 bits per heavy atom. The van der Waals surface area contributed by atoms with Crippen LogP contribution in [-0.4, -0.2) is 22.8 Å². The van der Waals surface area contributed by atoms with Crippen molar-refractivity contribution < 1.29 is 9.90 Å². The highest BCUT2D eigenvalue weighted by Crippen LogP contribution is 2.31. The summed E-state index contributed by atoms with van der Waals surface area (Å²) >= 11 is 0. The van der Waals surface area contributed by atoms with Gasteiger partial charge >= 0.3 is 6.09 Å². The van der Waals surface area contributed by atoms with Gasteiger partial charge in [-0.2, -0.15) is 0 Å². The van der Waals surface area contributed by atoms with Gasteiger partial charge in [0, 0.05) is 6.54 Å². The molecule has 0 radical (unpaired) electrons. The lowest BCUT2D eigenvalue weighted by Crippen LogP contribution is -2.47. The number of hydrogen-bond donors (Lipinski definition) is 2. The number of carbonyl (C=O) groups is 1. The molecule has 1 aliphatic rings. The van der Waals surface area contributed by atoms with Crippen LogP contribution in [0.25, 0.3) is 0 Å². The van der Waals surface area contributed by atoms with Gasteiger partial charge < -0.3 is 5.11 Å². The number of nitrogens with zero attached hydrogens (tertiary/aromatic N) is 1. The summed E-state index contributed by atoms with van der Waals surface area (Å²) in [5.41, 5.74) is 5.11. The Morgan fingerprint density at radius 1 is 1.53 bits per heavy atom. The van der Waals surface area contributed by atoms with Crippen molar-refractivity contribution in [3.05, 3.63) is 35.4 Å². The molecule has 92 valence electrons. The molecule has 1 atom stereocenters. The molecule has 0 spiro atoms. The second kappa shape index (κ2) is 5.19. The van der Waals surface area contributed by atoms with Crippen molar-refractivity contribution in [2.45, 2.75) is 32.2 Å². The zero-order chi connectivity index (χ0) is 12.3. The monoisotopic (exact) mass is 234 g/mol. The van der Waals surface area contributed by atoms with Crippen molar-refractivity contribution in [2.75, 3.05) is 6.54 Å². The summed E-state index contributed by atoms with van der Waals surface area (Å²) in [5, 5.41) is 10.7. The molecule has 0 saturated heterocycles. The Balaban J connectivity index is 2.25. The molecule has 0 aliphatic carbocycles. The Kier molecular flexibility index (Phi) is 3.64. The van der Waals surface area contributed by atoms with Gasteiger partial charge in [0.2, 0.25) is 0 Å². The Labute approximate surface area is 101 Å². The third-order valence-corrected chi connectivity index (χ3v) is 3.21. The molecule has 0 saturated carbocycles. The third kappa shape index (κ3) is 2.58. The predicted molar refractivity (Wildman–Crippen MR) is 65.7 cm³/mol. The lowest BCUT2D eigenvalue weighted by molar-refractivity contribution is 0.0937. The largest absolute Gasteiger partial charge is 0.464 e. The minimum atomic E-state index is -0.981. The maximum atomic E-state index is 10.8. The minimum absolute atomic E-state index is 0.168. The Hall–Kier alpha value is -1.55. The summed E-state index contributed by atoms with van der Waals surface area (Å²) in [4.78, 5) is 10.8. The normalized spacial score (nSPS) is 19.7. The van der Waals surface area contributed by atoms with Gasteiger partial charge in [-0.3, -0.25) is 5.43 Å². The number of carboxylic acid groups (broad SMARTS) is 1. The molecule has 0 fully saturated rings. The van der Waals surface area contributed by atoms with Gasteiger partial charge in [0.15, 0.2) is 0 Å². The molecule has 1 amide bonds. The lowest BCUT2D eigenvalue weighted by Gasteiger charge is -2.36. The molecule has 4 nitrogen and oxygen atoms in total. The van der Waals surface area contributed by atoms with Crippen molar-refractivity contribution in [1.29, 1.82) is 0 Å². The average molecular weight is 234 g/mol. The van der Waals surface area contributed by atoms with Gasteiger partial charge in [-0.15, -0.1) is 0 Å². The van der Waals surface area contributed by atoms with Crippen LogP contribution < -0.4 is 5.43 Å². The fourth-order valence-corrected chi connectivity index (χ4v) is 2.49. The standard InChI is InChI=1S/C13H18N2O2/c1-2-5-12-11-7-4-3-6-10(11)8-9-15(12)14-13(16)17/h3-4,6-7,12,14H,2,5,8-9H2,1H3,(H,16,17). The van der Waals surface area contributed by atoms with Crippen LogP contribution in [0, 0.1) is 0 Å². The van der Waals surface area contributed by atoms with Crippen LogP contribution >= 0.6 is 0 Å². The highest BCUT2D eigenvalue weighted by atomic mass is 16.4. The predicted octanol–water partition coefficient (Wildman–Crippen LogP) is 2.57. The van der Waals surface area contributed by atoms with Crippen LogP contribution in [0.4, 0.5) is 4.79 Å². The molecule has 0 aromatic heterocycles. The van der Waals surface area contributed by atoms with E-state index in [0.29, 0.717) is 0 Å². The summed E-state index contributed by atoms with van der Waals surface area (Å²) < 4.78 is 0. The molecular weight excluding hydrogens is 216 g/mol. The first-order valence-corrected chi connectivity index (χ1v) is 6.06. The van der Waals surface area contributed by atoms with E-state index in [1.165, 1.54) is 11.1 Å². The van der Waals surface area contributed by atoms with E-state index in [1.807, 2.05) is 17.1 Å². The Morgan fingerprint density at radius 3 is 3.00 bits per heavy atom. The number of hydrogen-bond acceptors (Lipinski definition) is 2. The molecule has 1 heterocycles. The first kappa shape index (κ1) is 11.9. The highest BCUT2D eigenvalue weighted by Gasteiger charge is 2.27. The molecule has 1 unspecified atom stereocenters. The number of benzene rings is 1. The number of fused-ring (bicyclic) bond motifs is 1. The summed E-state index contributed by atoms with van der Waals surface area (Å²) in [5.74, 6) is 0. The maximum absolute atomic E-state index is 10.8. The number of hydrazine groups is 1. The van der Waals surface area contributed by atoms with Crippen LogP contribution in [0.5, 0.6) is 0 Å². The first-order chi connectivity index (χ1) is 8.22. The van der Waals surface area contributed by atoms with Crippen molar-refractivity contribution in [2.24, 2.45) is 0 Å². The molecular formula is C13H18N2O2. The zero-order valence-corrected chi connectivity index (χ0v) is 10.0. The maximum Gasteiger partial charge on any atom is 0.419 e. The summed E-state index contributed by atoms with van der Waals surface area (Å²) in [6.07, 6.45) is 1.93. The summed E-state index contributed by atoms with van der Waals surface area (Å²) in [6.45, 7) is 2.87. The lowest BCUT2D eigenvalue weighted by atomic mass is 9.91. The Bertz CT molecular complexity index is 406. The van der Waals surface area contributed by atoms with E-state index in [9.17, 15) is 4.79 Å². The van der Waals surface area contributed by atoms with Crippen molar-refractivity contribution in [3.63, 3.8) is 0 Å². The van der Waals surface area contributed by atoms with Gasteiger partial charge in [-0.05, 0) is 24.0 Å². The van der Waals surface area contributed by atoms with E-state index >= 15 is 0 Å². The molecule has 4 heteroatoms. The highest BCUT2D eigenvalue weighted by molar-refractivity contribution is 5.63. The van der Waals surface area contributed by atoms with Crippen LogP contribution in [0.1, 0.15) is 36.9 Å². The van der Waals surface area contributed by atoms with Crippen molar-refractivity contribution >= 4 is 6.09 Å². The molecule has 0 bridgehead atoms. The second-order valence-corrected chi connectivity index (χ2v) is 4.36. The van der Waals surface area contributed by atoms with E-state index in [4.69, 9.17) is 5.11 Å². The summed E-state index contributed by atoms with van der Waals surface area (Å²) in [7, 11) is 0. The van der Waals surface area contributed by atoms with E-state index in [-0.39, 0.29) is 6.04 Å². The molecule has 2 rings (SSSR count). The van der Waals surface area contributed by atoms with E-state index in [2.05, 4.69) is 24.5 Å². The van der Waals surface area contributed by atoms with Crippen LogP contribution in [0.3, 0.4) is 0 Å². The van der Waals surface area contributed by atoms with Gasteiger partial charge in [-0.25, -0.2) is 9.80 Å². The first-order valence-electron chi connectivity index (χ1n) is 6.06. The topological polar surface area (TPSA) is 52.6 Å². The fraction of sp³-hybridized carbons (Fsp3) is 0.462. The SMILES string of the molecule is CCCC1c2ccccc2CCN1NC(=O)O. The molecule has 1 aromatic rings. The summed E-state index contributed by atoms with van der Waals surface area (Å²) in [6, 6.07) is 8.47. The van der Waals surface area contributed by atoms with Gasteiger partial charge in [0.25, 0.3) is 0 Å². The van der Waals surface area contributed by atoms with Crippen LogP contribution in [0.2, 0.25) is 0 Å². The van der Waals surface area contributed by atoms with Crippen molar-refractivity contribution in [3.8, 4) is 0 Å². The van der Waals surface area contributed by atoms with E-state index in [0.717, 1.165) is 25.8 Å². The van der Waals surface area contributed by atoms with Crippen molar-refractivity contribution in [1.82, 2.24) is 10.4 Å². The number of nitrogens with one attached hydrogen (secondary N) is 1. The smallest absolute Gasteiger partial charge is 0.419 e. The fourth-order valence-electron chi connectivity index (χ4n) is 2.49. The molecule has 1 aliphatic heterocycles. The zero-order valence-electron chi connectivity index (χ0n) is 10.0. The number of rotatable bonds is 3. The van der Waals surface area contributed by atoms with E-state index < -0.39 is 6.09 Å². The van der Waals surface area contributed by atoms with Gasteiger partial charge in [0.05, 0.1) is 6.04 Å². The molecule has 17 heavy (non-hydrogen) atoms. The van der Waals surface area contributed by atoms with Crippen LogP contribution in [-0.2, 0) is 6.42 Å². The quantitative estimate of drug-likeness (QED) is 0.845. The van der Waals surface area contributed by atoms with Crippen LogP contribution in [0.15, 0.2) is 24.3 Å². The van der Waals surface area contributed by atoms with E-state index in [1.54, 1.807) is 0 Å². The van der Waals surface area contributed by atoms with Gasteiger partial charge in [0.1, 0.15) is 0 Å². The van der Waals surface area contributed by atoms with Gasteiger partial charge in [-0.1, -0.05) is 37.6 Å². The molecule has 1 aromatic carbocycles. The molecule has 2 N–H and O–H groups in total. The average Bonchev–Trinajstić information content (AvgIpc) is 2.32. The minimum Gasteiger partial charge on any atom is -0.464 e. The third-order valence-electron chi connectivity index (χ3n) is 3.21. The number of amides is 1.